The summed E-state index contributed by atoms with van der Waals surface area (Å²) in [6, 6.07) is 5.10. The van der Waals surface area contributed by atoms with Gasteiger partial charge in [0.1, 0.15) is 6.04 Å². The highest BCUT2D eigenvalue weighted by atomic mass is 19.4. The summed E-state index contributed by atoms with van der Waals surface area (Å²) in [7, 11) is 0. The van der Waals surface area contributed by atoms with Crippen molar-refractivity contribution in [1.29, 1.82) is 0 Å². The summed E-state index contributed by atoms with van der Waals surface area (Å²) in [6.45, 7) is 1.80. The fourth-order valence-electron chi connectivity index (χ4n) is 3.35. The third kappa shape index (κ3) is 3.57. The molecule has 0 amide bonds. The average molecular weight is 343 g/mol. The van der Waals surface area contributed by atoms with Gasteiger partial charge in [0.2, 0.25) is 0 Å². The molecule has 7 heteroatoms. The molecule has 0 bridgehead atoms. The molecule has 2 heterocycles. The van der Waals surface area contributed by atoms with Crippen LogP contribution in [0.1, 0.15) is 30.4 Å². The van der Waals surface area contributed by atoms with E-state index >= 15 is 0 Å². The Morgan fingerprint density at radius 3 is 2.58 bits per heavy atom. The zero-order chi connectivity index (χ0) is 17.2. The van der Waals surface area contributed by atoms with Gasteiger partial charge >= 0.3 is 12.1 Å². The Morgan fingerprint density at radius 1 is 1.21 bits per heavy atom. The second-order valence-electron chi connectivity index (χ2n) is 6.36. The van der Waals surface area contributed by atoms with Gasteiger partial charge < -0.3 is 14.8 Å². The first kappa shape index (κ1) is 17.2. The van der Waals surface area contributed by atoms with Crippen LogP contribution in [0.5, 0.6) is 0 Å². The maximum absolute atomic E-state index is 13.0. The molecule has 0 unspecified atom stereocenters. The molecular formula is C17H20F3NO3. The molecule has 2 aliphatic heterocycles. The van der Waals surface area contributed by atoms with Gasteiger partial charge in [-0.25, -0.2) is 0 Å². The minimum Gasteiger partial charge on any atom is -0.464 e. The maximum atomic E-state index is 13.0. The number of halogens is 3. The SMILES string of the molecule is O=C1OCC[C@H]1NCC1(c2cccc(C(F)(F)F)c2)CCOCC1. The zero-order valence-corrected chi connectivity index (χ0v) is 13.2. The van der Waals surface area contributed by atoms with Gasteiger partial charge in [0.05, 0.1) is 12.2 Å². The molecule has 2 saturated heterocycles. The van der Waals surface area contributed by atoms with Gasteiger partial charge in [-0.2, -0.15) is 13.2 Å². The molecule has 0 aliphatic carbocycles. The highest BCUT2D eigenvalue weighted by Crippen LogP contribution is 2.38. The quantitative estimate of drug-likeness (QED) is 0.854. The van der Waals surface area contributed by atoms with E-state index in [1.807, 2.05) is 0 Å². The average Bonchev–Trinajstić information content (AvgIpc) is 2.98. The number of carbonyl (C=O) groups is 1. The van der Waals surface area contributed by atoms with Gasteiger partial charge in [-0.15, -0.1) is 0 Å². The zero-order valence-electron chi connectivity index (χ0n) is 13.2. The lowest BCUT2D eigenvalue weighted by Gasteiger charge is -2.38. The van der Waals surface area contributed by atoms with Crippen molar-refractivity contribution in [3.63, 3.8) is 0 Å². The summed E-state index contributed by atoms with van der Waals surface area (Å²) in [5, 5.41) is 3.19. The molecular weight excluding hydrogens is 323 g/mol. The predicted molar refractivity (Wildman–Crippen MR) is 80.5 cm³/mol. The summed E-state index contributed by atoms with van der Waals surface area (Å²) in [6.07, 6.45) is -2.55. The molecule has 1 N–H and O–H groups in total. The van der Waals surface area contributed by atoms with Crippen molar-refractivity contribution >= 4 is 5.97 Å². The van der Waals surface area contributed by atoms with Crippen LogP contribution < -0.4 is 5.32 Å². The summed E-state index contributed by atoms with van der Waals surface area (Å²) in [5.41, 5.74) is -0.479. The Kier molecular flexibility index (Phi) is 4.83. The van der Waals surface area contributed by atoms with Crippen molar-refractivity contribution in [2.24, 2.45) is 0 Å². The van der Waals surface area contributed by atoms with Crippen LogP contribution in [0.3, 0.4) is 0 Å². The van der Waals surface area contributed by atoms with Crippen molar-refractivity contribution in [3.05, 3.63) is 35.4 Å². The number of cyclic esters (lactones) is 1. The van der Waals surface area contributed by atoms with E-state index < -0.39 is 17.2 Å². The predicted octanol–water partition coefficient (Wildman–Crippen LogP) is 2.66. The summed E-state index contributed by atoms with van der Waals surface area (Å²) >= 11 is 0. The normalized spacial score (nSPS) is 24.0. The topological polar surface area (TPSA) is 47.6 Å². The third-order valence-corrected chi connectivity index (χ3v) is 4.87. The van der Waals surface area contributed by atoms with Crippen LogP contribution in [0, 0.1) is 0 Å². The molecule has 3 rings (SSSR count). The van der Waals surface area contributed by atoms with Crippen LogP contribution in [0.25, 0.3) is 0 Å². The molecule has 0 saturated carbocycles. The van der Waals surface area contributed by atoms with Crippen LogP contribution in [0.15, 0.2) is 24.3 Å². The molecule has 1 aromatic rings. The number of benzene rings is 1. The number of hydrogen-bond acceptors (Lipinski definition) is 4. The Balaban J connectivity index is 1.84. The maximum Gasteiger partial charge on any atom is 0.416 e. The number of rotatable bonds is 4. The Morgan fingerprint density at radius 2 is 1.96 bits per heavy atom. The molecule has 132 valence electrons. The Labute approximate surface area is 138 Å². The summed E-state index contributed by atoms with van der Waals surface area (Å²) in [4.78, 5) is 11.6. The second kappa shape index (κ2) is 6.72. The van der Waals surface area contributed by atoms with Gasteiger partial charge in [0.25, 0.3) is 0 Å². The molecule has 0 radical (unpaired) electrons. The van der Waals surface area contributed by atoms with Crippen molar-refractivity contribution in [3.8, 4) is 0 Å². The van der Waals surface area contributed by atoms with Gasteiger partial charge in [-0.3, -0.25) is 4.79 Å². The first-order valence-corrected chi connectivity index (χ1v) is 8.06. The van der Waals surface area contributed by atoms with Gasteiger partial charge in [0, 0.05) is 31.6 Å². The number of alkyl halides is 3. The van der Waals surface area contributed by atoms with Crippen LogP contribution >= 0.6 is 0 Å². The highest BCUT2D eigenvalue weighted by molar-refractivity contribution is 5.77. The van der Waals surface area contributed by atoms with Gasteiger partial charge in [0.15, 0.2) is 0 Å². The fraction of sp³-hybridized carbons (Fsp3) is 0.588. The lowest BCUT2D eigenvalue weighted by atomic mass is 9.73. The number of hydrogen-bond donors (Lipinski definition) is 1. The standard InChI is InChI=1S/C17H20F3NO3/c18-17(19,20)13-3-1-2-12(10-13)16(5-8-23-9-6-16)11-21-14-4-7-24-15(14)22/h1-3,10,14,21H,4-9,11H2/t14-/m1/s1. The molecule has 4 nitrogen and oxygen atoms in total. The van der Waals surface area contributed by atoms with Crippen LogP contribution in [-0.2, 0) is 25.9 Å². The van der Waals surface area contributed by atoms with E-state index in [4.69, 9.17) is 9.47 Å². The van der Waals surface area contributed by atoms with E-state index in [1.165, 1.54) is 12.1 Å². The van der Waals surface area contributed by atoms with Crippen LogP contribution in [0.2, 0.25) is 0 Å². The molecule has 0 aromatic heterocycles. The summed E-state index contributed by atoms with van der Waals surface area (Å²) < 4.78 is 49.5. The van der Waals surface area contributed by atoms with E-state index in [-0.39, 0.29) is 12.0 Å². The second-order valence-corrected chi connectivity index (χ2v) is 6.36. The third-order valence-electron chi connectivity index (χ3n) is 4.87. The first-order chi connectivity index (χ1) is 11.4. The molecule has 2 aliphatic rings. The molecule has 2 fully saturated rings. The van der Waals surface area contributed by atoms with Gasteiger partial charge in [-0.05, 0) is 24.5 Å². The van der Waals surface area contributed by atoms with Crippen molar-refractivity contribution in [2.75, 3.05) is 26.4 Å². The largest absolute Gasteiger partial charge is 0.464 e. The van der Waals surface area contributed by atoms with E-state index in [1.54, 1.807) is 6.07 Å². The lowest BCUT2D eigenvalue weighted by molar-refractivity contribution is -0.140. The molecule has 1 atom stereocenters. The Bertz CT molecular complexity index is 597. The van der Waals surface area contributed by atoms with E-state index in [0.29, 0.717) is 51.2 Å². The van der Waals surface area contributed by atoms with E-state index in [9.17, 15) is 18.0 Å². The van der Waals surface area contributed by atoms with E-state index in [0.717, 1.165) is 6.07 Å². The number of esters is 1. The first-order valence-electron chi connectivity index (χ1n) is 8.06. The minimum atomic E-state index is -4.37. The molecule has 1 aromatic carbocycles. The van der Waals surface area contributed by atoms with E-state index in [2.05, 4.69) is 5.32 Å². The monoisotopic (exact) mass is 343 g/mol. The van der Waals surface area contributed by atoms with Crippen LogP contribution in [-0.4, -0.2) is 38.4 Å². The number of ether oxygens (including phenoxy) is 2. The number of carbonyl (C=O) groups excluding carboxylic acids is 1. The van der Waals surface area contributed by atoms with Crippen LogP contribution in [0.4, 0.5) is 13.2 Å². The van der Waals surface area contributed by atoms with Crippen molar-refractivity contribution in [1.82, 2.24) is 5.32 Å². The highest BCUT2D eigenvalue weighted by Gasteiger charge is 2.38. The number of nitrogens with one attached hydrogen (secondary N) is 1. The van der Waals surface area contributed by atoms with Gasteiger partial charge in [-0.1, -0.05) is 18.2 Å². The smallest absolute Gasteiger partial charge is 0.416 e. The van der Waals surface area contributed by atoms with Crippen molar-refractivity contribution in [2.45, 2.75) is 36.9 Å². The fourth-order valence-corrected chi connectivity index (χ4v) is 3.35. The minimum absolute atomic E-state index is 0.291. The lowest BCUT2D eigenvalue weighted by Crippen LogP contribution is -2.47. The Hall–Kier alpha value is -1.60. The molecule has 0 spiro atoms. The van der Waals surface area contributed by atoms with Crippen molar-refractivity contribution < 1.29 is 27.4 Å². The summed E-state index contributed by atoms with van der Waals surface area (Å²) in [5.74, 6) is -0.291. The molecule has 24 heavy (non-hydrogen) atoms.